The lowest BCUT2D eigenvalue weighted by Crippen LogP contribution is -2.33. The first kappa shape index (κ1) is 14.1. The molecule has 6 nitrogen and oxygen atoms in total. The van der Waals surface area contributed by atoms with Crippen molar-refractivity contribution in [1.82, 2.24) is 20.1 Å². The molecule has 0 radical (unpaired) electrons. The van der Waals surface area contributed by atoms with Crippen LogP contribution in [0.4, 0.5) is 0 Å². The summed E-state index contributed by atoms with van der Waals surface area (Å²) in [6.07, 6.45) is 2.56. The Labute approximate surface area is 125 Å². The highest BCUT2D eigenvalue weighted by atomic mass is 32.2. The number of rotatable bonds is 5. The zero-order valence-electron chi connectivity index (χ0n) is 11.6. The summed E-state index contributed by atoms with van der Waals surface area (Å²) < 4.78 is 1.46. The smallest absolute Gasteiger partial charge is 0.310 e. The van der Waals surface area contributed by atoms with Gasteiger partial charge in [-0.2, -0.15) is 4.98 Å². The lowest BCUT2D eigenvalue weighted by atomic mass is 10.2. The Morgan fingerprint density at radius 2 is 2.05 bits per heavy atom. The van der Waals surface area contributed by atoms with E-state index in [9.17, 15) is 9.59 Å². The normalized spacial score (nSPS) is 14.3. The minimum Gasteiger partial charge on any atom is -0.310 e. The Balaban J connectivity index is 1.71. The van der Waals surface area contributed by atoms with Gasteiger partial charge in [0.1, 0.15) is 0 Å². The number of aromatic amines is 1. The van der Waals surface area contributed by atoms with E-state index in [0.29, 0.717) is 11.2 Å². The number of nitrogens with one attached hydrogen (secondary N) is 2. The van der Waals surface area contributed by atoms with Gasteiger partial charge in [-0.3, -0.25) is 19.4 Å². The van der Waals surface area contributed by atoms with Gasteiger partial charge in [0.15, 0.2) is 5.16 Å². The molecule has 2 aromatic rings. The Hall–Kier alpha value is -1.86. The Bertz CT molecular complexity index is 747. The maximum absolute atomic E-state index is 11.3. The molecule has 2 N–H and O–H groups in total. The number of H-pyrrole nitrogens is 1. The van der Waals surface area contributed by atoms with E-state index in [0.717, 1.165) is 11.4 Å². The van der Waals surface area contributed by atoms with Gasteiger partial charge < -0.3 is 5.32 Å². The second kappa shape index (κ2) is 5.87. The van der Waals surface area contributed by atoms with Crippen LogP contribution >= 0.6 is 11.8 Å². The summed E-state index contributed by atoms with van der Waals surface area (Å²) in [7, 11) is 1.66. The molecule has 0 aliphatic heterocycles. The van der Waals surface area contributed by atoms with Crippen molar-refractivity contribution in [3.05, 3.63) is 50.5 Å². The second-order valence-electron chi connectivity index (χ2n) is 5.10. The fourth-order valence-corrected chi connectivity index (χ4v) is 2.68. The number of benzene rings is 1. The van der Waals surface area contributed by atoms with Crippen LogP contribution in [0.3, 0.4) is 0 Å². The predicted octanol–water partition coefficient (Wildman–Crippen LogP) is 0.872. The third kappa shape index (κ3) is 3.62. The number of aryl methyl sites for hydroxylation is 1. The van der Waals surface area contributed by atoms with Crippen molar-refractivity contribution in [2.45, 2.75) is 35.5 Å². The molecule has 1 aliphatic carbocycles. The van der Waals surface area contributed by atoms with Gasteiger partial charge in [0.05, 0.1) is 0 Å². The lowest BCUT2D eigenvalue weighted by molar-refractivity contribution is 0.596. The molecule has 0 atom stereocenters. The van der Waals surface area contributed by atoms with Crippen LogP contribution in [0, 0.1) is 0 Å². The molecule has 1 aliphatic rings. The van der Waals surface area contributed by atoms with Gasteiger partial charge in [0, 0.05) is 24.5 Å². The van der Waals surface area contributed by atoms with Crippen LogP contribution < -0.4 is 16.4 Å². The Morgan fingerprint density at radius 3 is 2.71 bits per heavy atom. The van der Waals surface area contributed by atoms with E-state index in [1.165, 1.54) is 34.8 Å². The van der Waals surface area contributed by atoms with E-state index < -0.39 is 11.1 Å². The van der Waals surface area contributed by atoms with Crippen LogP contribution in [0.25, 0.3) is 0 Å². The zero-order chi connectivity index (χ0) is 14.8. The van der Waals surface area contributed by atoms with E-state index in [4.69, 9.17) is 0 Å². The third-order valence-corrected chi connectivity index (χ3v) is 4.31. The minimum absolute atomic E-state index is 0.462. The number of aromatic nitrogens is 3. The zero-order valence-corrected chi connectivity index (χ0v) is 12.4. The monoisotopic (exact) mass is 304 g/mol. The fraction of sp³-hybridized carbons (Fsp3) is 0.357. The van der Waals surface area contributed by atoms with Gasteiger partial charge in [-0.15, -0.1) is 0 Å². The fourth-order valence-electron chi connectivity index (χ4n) is 1.88. The molecule has 0 spiro atoms. The average Bonchev–Trinajstić information content (AvgIpc) is 3.28. The molecule has 1 fully saturated rings. The lowest BCUT2D eigenvalue weighted by Gasteiger charge is -2.07. The van der Waals surface area contributed by atoms with E-state index in [2.05, 4.69) is 27.5 Å². The molecular weight excluding hydrogens is 288 g/mol. The molecule has 1 aromatic heterocycles. The molecule has 0 bridgehead atoms. The van der Waals surface area contributed by atoms with Gasteiger partial charge in [-0.25, -0.2) is 0 Å². The van der Waals surface area contributed by atoms with Gasteiger partial charge in [-0.05, 0) is 30.5 Å². The summed E-state index contributed by atoms with van der Waals surface area (Å²) in [5, 5.41) is 6.36. The molecule has 0 saturated heterocycles. The van der Waals surface area contributed by atoms with E-state index in [-0.39, 0.29) is 0 Å². The summed E-state index contributed by atoms with van der Waals surface area (Å²) in [6, 6.07) is 8.79. The molecular formula is C14H16N4O2S. The first-order valence-electron chi connectivity index (χ1n) is 6.79. The largest absolute Gasteiger partial charge is 0.339 e. The number of nitrogens with zero attached hydrogens (tertiary/aromatic N) is 2. The van der Waals surface area contributed by atoms with Crippen molar-refractivity contribution in [2.24, 2.45) is 7.05 Å². The summed E-state index contributed by atoms with van der Waals surface area (Å²) >= 11 is 1.34. The van der Waals surface area contributed by atoms with Crippen molar-refractivity contribution in [3.63, 3.8) is 0 Å². The van der Waals surface area contributed by atoms with Crippen LogP contribution in [0.15, 0.2) is 43.9 Å². The summed E-state index contributed by atoms with van der Waals surface area (Å²) in [5.74, 6) is 0. The molecule has 1 saturated carbocycles. The van der Waals surface area contributed by atoms with Gasteiger partial charge >= 0.3 is 11.1 Å². The Kier molecular flexibility index (Phi) is 3.94. The van der Waals surface area contributed by atoms with Crippen molar-refractivity contribution in [3.8, 4) is 0 Å². The number of hydrogen-bond acceptors (Lipinski definition) is 5. The van der Waals surface area contributed by atoms with Crippen molar-refractivity contribution in [2.75, 3.05) is 0 Å². The highest BCUT2D eigenvalue weighted by Crippen LogP contribution is 2.25. The molecule has 1 aromatic carbocycles. The molecule has 0 amide bonds. The average molecular weight is 304 g/mol. The summed E-state index contributed by atoms with van der Waals surface area (Å²) in [4.78, 5) is 27.2. The van der Waals surface area contributed by atoms with Crippen LogP contribution in [0.5, 0.6) is 0 Å². The SMILES string of the molecule is Cn1[nH]c(=O)c(=O)nc1Sc1ccc(CNC2CC2)cc1. The van der Waals surface area contributed by atoms with Gasteiger partial charge in [0.25, 0.3) is 0 Å². The van der Waals surface area contributed by atoms with E-state index in [1.54, 1.807) is 7.05 Å². The highest BCUT2D eigenvalue weighted by molar-refractivity contribution is 7.99. The topological polar surface area (TPSA) is 79.8 Å². The maximum Gasteiger partial charge on any atom is 0.339 e. The van der Waals surface area contributed by atoms with E-state index >= 15 is 0 Å². The van der Waals surface area contributed by atoms with Crippen LogP contribution in [0.1, 0.15) is 18.4 Å². The first-order valence-corrected chi connectivity index (χ1v) is 7.61. The molecule has 7 heteroatoms. The quantitative estimate of drug-likeness (QED) is 0.801. The van der Waals surface area contributed by atoms with Crippen LogP contribution in [-0.2, 0) is 13.6 Å². The highest BCUT2D eigenvalue weighted by Gasteiger charge is 2.19. The summed E-state index contributed by atoms with van der Waals surface area (Å²) in [6.45, 7) is 0.880. The van der Waals surface area contributed by atoms with Gasteiger partial charge in [0.2, 0.25) is 0 Å². The molecule has 3 rings (SSSR count). The first-order chi connectivity index (χ1) is 10.1. The molecule has 21 heavy (non-hydrogen) atoms. The van der Waals surface area contributed by atoms with Crippen LogP contribution in [0.2, 0.25) is 0 Å². The van der Waals surface area contributed by atoms with Crippen molar-refractivity contribution >= 4 is 11.8 Å². The number of hydrogen-bond donors (Lipinski definition) is 2. The third-order valence-electron chi connectivity index (χ3n) is 3.25. The van der Waals surface area contributed by atoms with Crippen molar-refractivity contribution < 1.29 is 0 Å². The maximum atomic E-state index is 11.3. The predicted molar refractivity (Wildman–Crippen MR) is 80.5 cm³/mol. The van der Waals surface area contributed by atoms with E-state index in [1.807, 2.05) is 12.1 Å². The summed E-state index contributed by atoms with van der Waals surface area (Å²) in [5.41, 5.74) is -0.237. The molecule has 1 heterocycles. The second-order valence-corrected chi connectivity index (χ2v) is 6.14. The Morgan fingerprint density at radius 1 is 1.33 bits per heavy atom. The van der Waals surface area contributed by atoms with Gasteiger partial charge in [-0.1, -0.05) is 23.9 Å². The van der Waals surface area contributed by atoms with Crippen LogP contribution in [-0.4, -0.2) is 20.8 Å². The molecule has 110 valence electrons. The van der Waals surface area contributed by atoms with Crippen molar-refractivity contribution in [1.29, 1.82) is 0 Å². The minimum atomic E-state index is -0.763. The molecule has 0 unspecified atom stereocenters. The standard InChI is InChI=1S/C14H16N4O2S/c1-18-14(16-12(19)13(20)17-18)21-11-6-2-9(3-7-11)8-15-10-4-5-10/h2-3,6-7,10,15H,4-5,8H2,1H3,(H,17,20).